The Kier molecular flexibility index (Phi) is 6.75. The molecule has 0 aliphatic heterocycles. The molecule has 180 valence electrons. The van der Waals surface area contributed by atoms with E-state index in [1.165, 1.54) is 6.21 Å². The zero-order valence-corrected chi connectivity index (χ0v) is 22.2. The fourth-order valence-electron chi connectivity index (χ4n) is 3.93. The highest BCUT2D eigenvalue weighted by atomic mass is 79.9. The lowest BCUT2D eigenvalue weighted by Crippen LogP contribution is -2.32. The van der Waals surface area contributed by atoms with Crippen molar-refractivity contribution in [1.82, 2.24) is 9.66 Å². The first kappa shape index (κ1) is 24.0. The van der Waals surface area contributed by atoms with Crippen molar-refractivity contribution in [2.24, 2.45) is 5.10 Å². The number of aromatic nitrogens is 2. The van der Waals surface area contributed by atoms with Crippen molar-refractivity contribution in [2.75, 3.05) is 7.11 Å². The molecular formula is C27H19Br2N3O4. The van der Waals surface area contributed by atoms with Crippen molar-refractivity contribution in [1.29, 1.82) is 0 Å². The Morgan fingerprint density at radius 1 is 0.944 bits per heavy atom. The minimum atomic E-state index is -0.632. The number of halogens is 2. The maximum Gasteiger partial charge on any atom is 0.349 e. The van der Waals surface area contributed by atoms with Crippen LogP contribution in [0.15, 0.2) is 96.4 Å². The van der Waals surface area contributed by atoms with Gasteiger partial charge in [0.25, 0.3) is 5.56 Å². The van der Waals surface area contributed by atoms with Crippen LogP contribution in [0.3, 0.4) is 0 Å². The van der Waals surface area contributed by atoms with Crippen molar-refractivity contribution in [3.63, 3.8) is 0 Å². The SMILES string of the molecule is COc1cc(C=Nn2c(=O)[nH]c3ccccc3c2=O)c(Br)c(Br)c1OCc1cccc2ccccc12. The third kappa shape index (κ3) is 4.47. The van der Waals surface area contributed by atoms with E-state index in [9.17, 15) is 9.59 Å². The smallest absolute Gasteiger partial charge is 0.349 e. The van der Waals surface area contributed by atoms with Gasteiger partial charge in [0.15, 0.2) is 11.5 Å². The molecule has 0 fully saturated rings. The number of H-pyrrole nitrogens is 1. The summed E-state index contributed by atoms with van der Waals surface area (Å²) in [5.41, 5.74) is 0.932. The van der Waals surface area contributed by atoms with Gasteiger partial charge in [-0.15, -0.1) is 4.68 Å². The summed E-state index contributed by atoms with van der Waals surface area (Å²) in [5.74, 6) is 0.974. The number of para-hydroxylation sites is 1. The summed E-state index contributed by atoms with van der Waals surface area (Å²) < 4.78 is 13.8. The Morgan fingerprint density at radius 3 is 2.47 bits per heavy atom. The predicted octanol–water partition coefficient (Wildman–Crippen LogP) is 5.84. The fraction of sp³-hybridized carbons (Fsp3) is 0.0741. The summed E-state index contributed by atoms with van der Waals surface area (Å²) in [6, 6.07) is 22.7. The van der Waals surface area contributed by atoms with Gasteiger partial charge in [-0.2, -0.15) is 5.10 Å². The number of hydrogen-bond donors (Lipinski definition) is 1. The molecule has 9 heteroatoms. The number of fused-ring (bicyclic) bond motifs is 2. The molecule has 0 saturated carbocycles. The zero-order chi connectivity index (χ0) is 25.2. The molecule has 36 heavy (non-hydrogen) atoms. The first-order valence-corrected chi connectivity index (χ1v) is 12.5. The molecule has 0 bridgehead atoms. The van der Waals surface area contributed by atoms with E-state index in [1.807, 2.05) is 24.3 Å². The third-order valence-corrected chi connectivity index (χ3v) is 7.87. The molecule has 1 aromatic heterocycles. The quantitative estimate of drug-likeness (QED) is 0.246. The molecule has 0 aliphatic carbocycles. The van der Waals surface area contributed by atoms with E-state index in [-0.39, 0.29) is 0 Å². The molecule has 0 radical (unpaired) electrons. The Balaban J connectivity index is 1.49. The standard InChI is InChI=1S/C27H19Br2N3O4/c1-35-22-13-18(14-30-32-26(33)20-11-4-5-12-21(20)31-27(32)34)23(28)24(29)25(22)36-15-17-9-6-8-16-7-2-3-10-19(16)17/h2-14H,15H2,1H3,(H,31,34). The highest BCUT2D eigenvalue weighted by Gasteiger charge is 2.17. The molecule has 0 saturated heterocycles. The molecule has 1 N–H and O–H groups in total. The second-order valence-electron chi connectivity index (χ2n) is 7.89. The van der Waals surface area contributed by atoms with Gasteiger partial charge in [0.1, 0.15) is 6.61 Å². The number of nitrogens with one attached hydrogen (secondary N) is 1. The van der Waals surface area contributed by atoms with Gasteiger partial charge in [-0.05, 0) is 66.4 Å². The van der Waals surface area contributed by atoms with Crippen LogP contribution in [0.5, 0.6) is 11.5 Å². The third-order valence-electron chi connectivity index (χ3n) is 5.72. The van der Waals surface area contributed by atoms with Gasteiger partial charge in [0, 0.05) is 10.0 Å². The number of ether oxygens (including phenoxy) is 2. The van der Waals surface area contributed by atoms with Crippen molar-refractivity contribution in [2.45, 2.75) is 6.61 Å². The van der Waals surface area contributed by atoms with E-state index < -0.39 is 11.2 Å². The van der Waals surface area contributed by atoms with Gasteiger partial charge in [0.05, 0.1) is 28.7 Å². The monoisotopic (exact) mass is 607 g/mol. The Bertz CT molecular complexity index is 1750. The van der Waals surface area contributed by atoms with Crippen LogP contribution in [0, 0.1) is 0 Å². The fourth-order valence-corrected chi connectivity index (χ4v) is 4.87. The average molecular weight is 609 g/mol. The van der Waals surface area contributed by atoms with Crippen LogP contribution in [0.4, 0.5) is 0 Å². The topological polar surface area (TPSA) is 85.7 Å². The van der Waals surface area contributed by atoms with Crippen LogP contribution in [0.1, 0.15) is 11.1 Å². The summed E-state index contributed by atoms with van der Waals surface area (Å²) in [7, 11) is 1.54. The largest absolute Gasteiger partial charge is 0.493 e. The number of benzene rings is 4. The zero-order valence-electron chi connectivity index (χ0n) is 19.0. The normalized spacial score (nSPS) is 11.4. The number of aromatic amines is 1. The molecule has 0 spiro atoms. The van der Waals surface area contributed by atoms with Crippen molar-refractivity contribution < 1.29 is 9.47 Å². The van der Waals surface area contributed by atoms with E-state index in [2.05, 4.69) is 60.1 Å². The maximum absolute atomic E-state index is 12.8. The molecule has 1 heterocycles. The highest BCUT2D eigenvalue weighted by Crippen LogP contribution is 2.42. The van der Waals surface area contributed by atoms with Crippen molar-refractivity contribution in [3.05, 3.63) is 114 Å². The number of nitrogens with zero attached hydrogens (tertiary/aromatic N) is 2. The molecular weight excluding hydrogens is 590 g/mol. The Labute approximate surface area is 222 Å². The summed E-state index contributed by atoms with van der Waals surface area (Å²) >= 11 is 7.15. The van der Waals surface area contributed by atoms with Gasteiger partial charge in [0.2, 0.25) is 0 Å². The van der Waals surface area contributed by atoms with Crippen LogP contribution in [-0.4, -0.2) is 23.0 Å². The van der Waals surface area contributed by atoms with E-state index in [1.54, 1.807) is 37.4 Å². The molecule has 7 nitrogen and oxygen atoms in total. The van der Waals surface area contributed by atoms with E-state index in [0.717, 1.165) is 21.0 Å². The van der Waals surface area contributed by atoms with Crippen LogP contribution >= 0.6 is 31.9 Å². The predicted molar refractivity (Wildman–Crippen MR) is 148 cm³/mol. The second kappa shape index (κ2) is 10.1. The van der Waals surface area contributed by atoms with Gasteiger partial charge < -0.3 is 14.5 Å². The highest BCUT2D eigenvalue weighted by molar-refractivity contribution is 9.13. The lowest BCUT2D eigenvalue weighted by molar-refractivity contribution is 0.283. The van der Waals surface area contributed by atoms with Crippen LogP contribution in [-0.2, 0) is 6.61 Å². The molecule has 0 atom stereocenters. The lowest BCUT2D eigenvalue weighted by Gasteiger charge is -2.16. The Morgan fingerprint density at radius 2 is 1.67 bits per heavy atom. The second-order valence-corrected chi connectivity index (χ2v) is 9.48. The molecule has 0 aliphatic rings. The van der Waals surface area contributed by atoms with Gasteiger partial charge in [-0.1, -0.05) is 54.6 Å². The number of methoxy groups -OCH3 is 1. The summed E-state index contributed by atoms with van der Waals surface area (Å²) in [6.07, 6.45) is 1.41. The average Bonchev–Trinajstić information content (AvgIpc) is 2.90. The van der Waals surface area contributed by atoms with E-state index in [4.69, 9.17) is 9.47 Å². The van der Waals surface area contributed by atoms with Gasteiger partial charge in [-0.3, -0.25) is 4.79 Å². The number of hydrogen-bond acceptors (Lipinski definition) is 5. The molecule has 0 amide bonds. The first-order valence-electron chi connectivity index (χ1n) is 10.9. The van der Waals surface area contributed by atoms with Crippen molar-refractivity contribution >= 4 is 59.7 Å². The summed E-state index contributed by atoms with van der Waals surface area (Å²) in [4.78, 5) is 27.9. The van der Waals surface area contributed by atoms with E-state index in [0.29, 0.717) is 43.5 Å². The molecule has 0 unspecified atom stereocenters. The van der Waals surface area contributed by atoms with Gasteiger partial charge >= 0.3 is 5.69 Å². The maximum atomic E-state index is 12.8. The summed E-state index contributed by atoms with van der Waals surface area (Å²) in [6.45, 7) is 0.331. The molecule has 5 aromatic rings. The van der Waals surface area contributed by atoms with E-state index >= 15 is 0 Å². The summed E-state index contributed by atoms with van der Waals surface area (Å²) in [5, 5.41) is 6.76. The van der Waals surface area contributed by atoms with Crippen LogP contribution in [0.2, 0.25) is 0 Å². The Hall–Kier alpha value is -3.69. The van der Waals surface area contributed by atoms with Gasteiger partial charge in [-0.25, -0.2) is 4.79 Å². The minimum absolute atomic E-state index is 0.331. The van der Waals surface area contributed by atoms with Crippen LogP contribution < -0.4 is 20.7 Å². The van der Waals surface area contributed by atoms with Crippen LogP contribution in [0.25, 0.3) is 21.7 Å². The minimum Gasteiger partial charge on any atom is -0.493 e. The number of rotatable bonds is 6. The van der Waals surface area contributed by atoms with Crippen molar-refractivity contribution in [3.8, 4) is 11.5 Å². The first-order chi connectivity index (χ1) is 17.5. The lowest BCUT2D eigenvalue weighted by atomic mass is 10.1. The molecule has 5 rings (SSSR count). The molecule has 4 aromatic carbocycles.